The third kappa shape index (κ3) is 9.84. The molecule has 1 saturated heterocycles. The normalized spacial score (nSPS) is 23.3. The van der Waals surface area contributed by atoms with Gasteiger partial charge in [-0.1, -0.05) is 60.7 Å². The minimum atomic E-state index is -4.49. The molecule has 1 fully saturated rings. The van der Waals surface area contributed by atoms with Gasteiger partial charge in [0.2, 0.25) is 5.91 Å². The van der Waals surface area contributed by atoms with E-state index < -0.39 is 62.9 Å². The summed E-state index contributed by atoms with van der Waals surface area (Å²) >= 11 is 0. The Bertz CT molecular complexity index is 1430. The van der Waals surface area contributed by atoms with Gasteiger partial charge in [0.15, 0.2) is 6.29 Å². The van der Waals surface area contributed by atoms with Crippen LogP contribution in [-0.2, 0) is 41.2 Å². The van der Waals surface area contributed by atoms with Crippen molar-refractivity contribution in [1.29, 1.82) is 0 Å². The van der Waals surface area contributed by atoms with Gasteiger partial charge in [0.05, 0.1) is 13.7 Å². The van der Waals surface area contributed by atoms with E-state index >= 15 is 0 Å². The highest BCUT2D eigenvalue weighted by atomic mass is 31.2. The van der Waals surface area contributed by atoms with Crippen molar-refractivity contribution in [2.45, 2.75) is 56.6 Å². The highest BCUT2D eigenvalue weighted by molar-refractivity contribution is 7.52. The quantitative estimate of drug-likeness (QED) is 0.128. The second-order valence-electron chi connectivity index (χ2n) is 10.3. The van der Waals surface area contributed by atoms with Gasteiger partial charge in [0, 0.05) is 6.92 Å². The van der Waals surface area contributed by atoms with E-state index in [1.54, 1.807) is 48.5 Å². The summed E-state index contributed by atoms with van der Waals surface area (Å²) in [5.41, 5.74) is 1.47. The molecule has 242 valence electrons. The van der Waals surface area contributed by atoms with Gasteiger partial charge in [0.1, 0.15) is 48.5 Å². The molecular weight excluding hydrogens is 607 g/mol. The summed E-state index contributed by atoms with van der Waals surface area (Å²) in [6.45, 7) is 0.486. The molecular formula is C31H37N2O11P. The number of aliphatic hydroxyl groups is 3. The Morgan fingerprint density at radius 3 is 2.09 bits per heavy atom. The predicted octanol–water partition coefficient (Wildman–Crippen LogP) is 2.09. The van der Waals surface area contributed by atoms with Crippen molar-refractivity contribution in [3.8, 4) is 11.5 Å². The third-order valence-electron chi connectivity index (χ3n) is 6.89. The SMILES string of the molecule is COc1ccc(OP(=O)(N[C@@H](Cc2ccccc2)C(=O)OCc2ccccc2)OC[C@H]2OC(O)[C@H](NC(C)=O)[C@@H](O)[C@@H]2O)cc1. The van der Waals surface area contributed by atoms with E-state index in [9.17, 15) is 29.5 Å². The summed E-state index contributed by atoms with van der Waals surface area (Å²) in [6.07, 6.45) is -6.36. The summed E-state index contributed by atoms with van der Waals surface area (Å²) in [5.74, 6) is -0.691. The lowest BCUT2D eigenvalue weighted by atomic mass is 9.97. The van der Waals surface area contributed by atoms with Crippen LogP contribution in [0.15, 0.2) is 84.9 Å². The first-order chi connectivity index (χ1) is 21.6. The summed E-state index contributed by atoms with van der Waals surface area (Å²) < 4.78 is 41.9. The van der Waals surface area contributed by atoms with E-state index in [4.69, 9.17) is 23.3 Å². The number of methoxy groups -OCH3 is 1. The maximum Gasteiger partial charge on any atom is 0.459 e. The summed E-state index contributed by atoms with van der Waals surface area (Å²) in [5, 5.41) is 36.6. The second kappa shape index (κ2) is 16.0. The van der Waals surface area contributed by atoms with Crippen LogP contribution in [0.2, 0.25) is 0 Å². The number of aliphatic hydroxyl groups excluding tert-OH is 3. The number of esters is 1. The summed E-state index contributed by atoms with van der Waals surface area (Å²) in [6, 6.07) is 21.6. The van der Waals surface area contributed by atoms with Gasteiger partial charge in [-0.15, -0.1) is 0 Å². The molecule has 5 N–H and O–H groups in total. The molecule has 1 aliphatic heterocycles. The minimum Gasteiger partial charge on any atom is -0.497 e. The Balaban J connectivity index is 1.57. The zero-order valence-electron chi connectivity index (χ0n) is 24.7. The van der Waals surface area contributed by atoms with Gasteiger partial charge >= 0.3 is 13.7 Å². The van der Waals surface area contributed by atoms with Crippen LogP contribution in [0, 0.1) is 0 Å². The van der Waals surface area contributed by atoms with Gasteiger partial charge in [-0.2, -0.15) is 5.09 Å². The molecule has 1 amide bonds. The molecule has 0 aliphatic carbocycles. The third-order valence-corrected chi connectivity index (χ3v) is 8.46. The predicted molar refractivity (Wildman–Crippen MR) is 161 cm³/mol. The molecule has 0 radical (unpaired) electrons. The molecule has 1 heterocycles. The van der Waals surface area contributed by atoms with Crippen molar-refractivity contribution in [2.75, 3.05) is 13.7 Å². The number of hydrogen-bond acceptors (Lipinski definition) is 11. The van der Waals surface area contributed by atoms with Gasteiger partial charge in [-0.05, 0) is 41.8 Å². The lowest BCUT2D eigenvalue weighted by Crippen LogP contribution is -2.64. The van der Waals surface area contributed by atoms with Crippen LogP contribution in [-0.4, -0.2) is 77.6 Å². The maximum absolute atomic E-state index is 14.3. The number of rotatable bonds is 14. The van der Waals surface area contributed by atoms with Crippen LogP contribution in [0.1, 0.15) is 18.1 Å². The molecule has 0 aromatic heterocycles. The molecule has 3 aromatic rings. The zero-order chi connectivity index (χ0) is 32.4. The van der Waals surface area contributed by atoms with E-state index in [-0.39, 0.29) is 18.8 Å². The first kappa shape index (κ1) is 34.1. The topological polar surface area (TPSA) is 182 Å². The second-order valence-corrected chi connectivity index (χ2v) is 12.0. The van der Waals surface area contributed by atoms with Crippen LogP contribution < -0.4 is 19.7 Å². The van der Waals surface area contributed by atoms with Crippen LogP contribution in [0.3, 0.4) is 0 Å². The number of carbonyl (C=O) groups excluding carboxylic acids is 2. The zero-order valence-corrected chi connectivity index (χ0v) is 25.6. The Morgan fingerprint density at radius 1 is 0.889 bits per heavy atom. The fraction of sp³-hybridized carbons (Fsp3) is 0.355. The van der Waals surface area contributed by atoms with E-state index in [2.05, 4.69) is 10.4 Å². The average Bonchev–Trinajstić information content (AvgIpc) is 3.04. The van der Waals surface area contributed by atoms with Gasteiger partial charge in [-0.3, -0.25) is 14.1 Å². The molecule has 0 spiro atoms. The first-order valence-electron chi connectivity index (χ1n) is 14.1. The first-order valence-corrected chi connectivity index (χ1v) is 15.7. The van der Waals surface area contributed by atoms with Gasteiger partial charge < -0.3 is 39.4 Å². The molecule has 0 bridgehead atoms. The van der Waals surface area contributed by atoms with Crippen LogP contribution in [0.5, 0.6) is 11.5 Å². The lowest BCUT2D eigenvalue weighted by molar-refractivity contribution is -0.252. The Labute approximate surface area is 260 Å². The Kier molecular flexibility index (Phi) is 12.1. The molecule has 1 aliphatic rings. The molecule has 7 atom stereocenters. The van der Waals surface area contributed by atoms with Crippen molar-refractivity contribution >= 4 is 19.6 Å². The van der Waals surface area contributed by atoms with Crippen LogP contribution >= 0.6 is 7.75 Å². The van der Waals surface area contributed by atoms with Crippen molar-refractivity contribution in [3.05, 3.63) is 96.1 Å². The van der Waals surface area contributed by atoms with Crippen molar-refractivity contribution < 1.29 is 52.7 Å². The summed E-state index contributed by atoms with van der Waals surface area (Å²) in [4.78, 5) is 24.9. The number of benzene rings is 3. The molecule has 45 heavy (non-hydrogen) atoms. The molecule has 2 unspecified atom stereocenters. The molecule has 3 aromatic carbocycles. The van der Waals surface area contributed by atoms with Crippen molar-refractivity contribution in [3.63, 3.8) is 0 Å². The fourth-order valence-electron chi connectivity index (χ4n) is 4.56. The smallest absolute Gasteiger partial charge is 0.459 e. The maximum atomic E-state index is 14.3. The largest absolute Gasteiger partial charge is 0.497 e. The number of amides is 1. The molecule has 4 rings (SSSR count). The van der Waals surface area contributed by atoms with Gasteiger partial charge in [0.25, 0.3) is 0 Å². The standard InChI is InChI=1S/C31H37N2O11P/c1-20(34)32-27-29(36)28(35)26(43-31(27)38)19-42-45(39,44-24-15-13-23(40-2)14-16-24)33-25(17-21-9-5-3-6-10-21)30(37)41-18-22-11-7-4-8-12-22/h3-16,25-29,31,35-36,38H,17-19H2,1-2H3,(H,32,34)(H,33,39)/t25-,26+,27+,28+,29+,31?,45?/m0/s1. The lowest BCUT2D eigenvalue weighted by Gasteiger charge is -2.40. The minimum absolute atomic E-state index is 0.0372. The van der Waals surface area contributed by atoms with E-state index in [1.165, 1.54) is 26.2 Å². The molecule has 13 nitrogen and oxygen atoms in total. The highest BCUT2D eigenvalue weighted by Gasteiger charge is 2.46. The van der Waals surface area contributed by atoms with E-state index in [1.807, 2.05) is 24.3 Å². The van der Waals surface area contributed by atoms with Crippen LogP contribution in [0.4, 0.5) is 0 Å². The summed E-state index contributed by atoms with van der Waals surface area (Å²) in [7, 11) is -3.01. The fourth-order valence-corrected chi connectivity index (χ4v) is 6.06. The Hall–Kier alpha value is -3.81. The number of hydrogen-bond donors (Lipinski definition) is 5. The van der Waals surface area contributed by atoms with Crippen molar-refractivity contribution in [1.82, 2.24) is 10.4 Å². The van der Waals surface area contributed by atoms with E-state index in [0.29, 0.717) is 5.75 Å². The van der Waals surface area contributed by atoms with E-state index in [0.717, 1.165) is 11.1 Å². The number of carbonyl (C=O) groups is 2. The number of ether oxygens (including phenoxy) is 3. The van der Waals surface area contributed by atoms with Gasteiger partial charge in [-0.25, -0.2) is 4.57 Å². The van der Waals surface area contributed by atoms with Crippen molar-refractivity contribution in [2.24, 2.45) is 0 Å². The average molecular weight is 645 g/mol. The number of nitrogens with one attached hydrogen (secondary N) is 2. The monoisotopic (exact) mass is 644 g/mol. The highest BCUT2D eigenvalue weighted by Crippen LogP contribution is 2.46. The molecule has 0 saturated carbocycles. The Morgan fingerprint density at radius 2 is 1.49 bits per heavy atom. The van der Waals surface area contributed by atoms with Crippen LogP contribution in [0.25, 0.3) is 0 Å². The molecule has 14 heteroatoms.